The topological polar surface area (TPSA) is 90.5 Å². The molecule has 24 heavy (non-hydrogen) atoms. The smallest absolute Gasteiger partial charge is 0.313 e. The summed E-state index contributed by atoms with van der Waals surface area (Å²) in [6, 6.07) is 6.55. The van der Waals surface area contributed by atoms with Crippen LogP contribution in [0.5, 0.6) is 0 Å². The first-order valence-electron chi connectivity index (χ1n) is 7.95. The molecule has 0 saturated carbocycles. The summed E-state index contributed by atoms with van der Waals surface area (Å²) >= 11 is 0. The number of rotatable bonds is 7. The Bertz CT molecular complexity index is 585. The van der Waals surface area contributed by atoms with Crippen LogP contribution in [0.15, 0.2) is 24.3 Å². The Morgan fingerprint density at radius 3 is 2.38 bits per heavy atom. The molecule has 0 aromatic heterocycles. The van der Waals surface area contributed by atoms with Gasteiger partial charge in [-0.25, -0.2) is 0 Å². The maximum atomic E-state index is 12.1. The lowest BCUT2D eigenvalue weighted by Gasteiger charge is -2.13. The SMILES string of the molecule is CC(C)NC(=O)c1ccccc1NC(=O)C(=O)NCCCN(C)C. The van der Waals surface area contributed by atoms with Crippen LogP contribution < -0.4 is 16.0 Å². The third-order valence-electron chi connectivity index (χ3n) is 3.11. The summed E-state index contributed by atoms with van der Waals surface area (Å²) in [4.78, 5) is 37.9. The van der Waals surface area contributed by atoms with E-state index in [4.69, 9.17) is 0 Å². The highest BCUT2D eigenvalue weighted by molar-refractivity contribution is 6.40. The lowest BCUT2D eigenvalue weighted by molar-refractivity contribution is -0.136. The summed E-state index contributed by atoms with van der Waals surface area (Å²) in [6.45, 7) is 4.93. The molecule has 0 unspecified atom stereocenters. The fourth-order valence-corrected chi connectivity index (χ4v) is 1.99. The van der Waals surface area contributed by atoms with E-state index in [9.17, 15) is 14.4 Å². The molecule has 7 nitrogen and oxygen atoms in total. The Hall–Kier alpha value is -2.41. The van der Waals surface area contributed by atoms with Crippen LogP contribution in [0, 0.1) is 0 Å². The fourth-order valence-electron chi connectivity index (χ4n) is 1.99. The standard InChI is InChI=1S/C17H26N4O3/c1-12(2)19-15(22)13-8-5-6-9-14(13)20-17(24)16(23)18-10-7-11-21(3)4/h5-6,8-9,12H,7,10-11H2,1-4H3,(H,18,23)(H,19,22)(H,20,24). The molecule has 0 saturated heterocycles. The lowest BCUT2D eigenvalue weighted by atomic mass is 10.1. The molecule has 0 fully saturated rings. The van der Waals surface area contributed by atoms with E-state index in [0.717, 1.165) is 13.0 Å². The van der Waals surface area contributed by atoms with E-state index in [-0.39, 0.29) is 11.9 Å². The Morgan fingerprint density at radius 1 is 1.08 bits per heavy atom. The molecule has 0 radical (unpaired) electrons. The van der Waals surface area contributed by atoms with E-state index in [1.54, 1.807) is 24.3 Å². The molecule has 3 N–H and O–H groups in total. The van der Waals surface area contributed by atoms with E-state index in [2.05, 4.69) is 16.0 Å². The van der Waals surface area contributed by atoms with Crippen molar-refractivity contribution in [2.45, 2.75) is 26.3 Å². The summed E-state index contributed by atoms with van der Waals surface area (Å²) in [5.41, 5.74) is 0.629. The molecule has 132 valence electrons. The van der Waals surface area contributed by atoms with E-state index >= 15 is 0 Å². The predicted octanol–water partition coefficient (Wildman–Crippen LogP) is 0.831. The molecule has 0 aliphatic carbocycles. The maximum Gasteiger partial charge on any atom is 0.313 e. The van der Waals surface area contributed by atoms with Gasteiger partial charge in [-0.05, 0) is 53.0 Å². The molecular weight excluding hydrogens is 308 g/mol. The molecule has 1 aromatic rings. The van der Waals surface area contributed by atoms with E-state index in [1.165, 1.54) is 0 Å². The van der Waals surface area contributed by atoms with Gasteiger partial charge < -0.3 is 20.9 Å². The van der Waals surface area contributed by atoms with Crippen molar-refractivity contribution in [3.8, 4) is 0 Å². The average Bonchev–Trinajstić information content (AvgIpc) is 2.50. The highest BCUT2D eigenvalue weighted by atomic mass is 16.2. The Balaban J connectivity index is 2.63. The minimum atomic E-state index is -0.787. The number of carbonyl (C=O) groups excluding carboxylic acids is 3. The zero-order valence-corrected chi connectivity index (χ0v) is 14.7. The van der Waals surface area contributed by atoms with Crippen molar-refractivity contribution < 1.29 is 14.4 Å². The first-order chi connectivity index (χ1) is 11.3. The van der Waals surface area contributed by atoms with Gasteiger partial charge in [-0.15, -0.1) is 0 Å². The van der Waals surface area contributed by atoms with Gasteiger partial charge in [-0.1, -0.05) is 12.1 Å². The van der Waals surface area contributed by atoms with Crippen molar-refractivity contribution in [3.05, 3.63) is 29.8 Å². The fraction of sp³-hybridized carbons (Fsp3) is 0.471. The van der Waals surface area contributed by atoms with Crippen LogP contribution >= 0.6 is 0 Å². The molecule has 0 aliphatic heterocycles. The molecule has 0 aliphatic rings. The van der Waals surface area contributed by atoms with Crippen LogP contribution in [-0.2, 0) is 9.59 Å². The van der Waals surface area contributed by atoms with Crippen LogP contribution in [0.25, 0.3) is 0 Å². The zero-order valence-electron chi connectivity index (χ0n) is 14.7. The van der Waals surface area contributed by atoms with Gasteiger partial charge >= 0.3 is 11.8 Å². The van der Waals surface area contributed by atoms with Gasteiger partial charge in [0.05, 0.1) is 11.3 Å². The second kappa shape index (κ2) is 9.67. The second-order valence-electron chi connectivity index (χ2n) is 6.04. The zero-order chi connectivity index (χ0) is 18.1. The van der Waals surface area contributed by atoms with Crippen molar-refractivity contribution in [3.63, 3.8) is 0 Å². The number of para-hydroxylation sites is 1. The number of hydrogen-bond acceptors (Lipinski definition) is 4. The normalized spacial score (nSPS) is 10.6. The Morgan fingerprint density at radius 2 is 1.75 bits per heavy atom. The highest BCUT2D eigenvalue weighted by Crippen LogP contribution is 2.15. The van der Waals surface area contributed by atoms with E-state index in [1.807, 2.05) is 32.8 Å². The van der Waals surface area contributed by atoms with E-state index in [0.29, 0.717) is 17.8 Å². The van der Waals surface area contributed by atoms with Crippen molar-refractivity contribution >= 4 is 23.4 Å². The molecular formula is C17H26N4O3. The van der Waals surface area contributed by atoms with Crippen LogP contribution in [0.3, 0.4) is 0 Å². The number of carbonyl (C=O) groups is 3. The quantitative estimate of drug-likeness (QED) is 0.509. The second-order valence-corrected chi connectivity index (χ2v) is 6.04. The predicted molar refractivity (Wildman–Crippen MR) is 93.9 cm³/mol. The average molecular weight is 334 g/mol. The molecule has 1 aromatic carbocycles. The van der Waals surface area contributed by atoms with Gasteiger partial charge in [0.2, 0.25) is 0 Å². The first kappa shape index (κ1) is 19.6. The summed E-state index contributed by atoms with van der Waals surface area (Å²) < 4.78 is 0. The molecule has 0 spiro atoms. The number of benzene rings is 1. The molecule has 7 heteroatoms. The van der Waals surface area contributed by atoms with Gasteiger partial charge in [0, 0.05) is 12.6 Å². The third-order valence-corrected chi connectivity index (χ3v) is 3.11. The van der Waals surface area contributed by atoms with Crippen molar-refractivity contribution in [2.75, 3.05) is 32.5 Å². The molecule has 0 atom stereocenters. The number of hydrogen-bond donors (Lipinski definition) is 3. The first-order valence-corrected chi connectivity index (χ1v) is 7.95. The highest BCUT2D eigenvalue weighted by Gasteiger charge is 2.17. The molecule has 1 rings (SSSR count). The van der Waals surface area contributed by atoms with Gasteiger partial charge in [0.15, 0.2) is 0 Å². The minimum Gasteiger partial charge on any atom is -0.350 e. The third kappa shape index (κ3) is 6.78. The summed E-state index contributed by atoms with van der Waals surface area (Å²) in [5.74, 6) is -1.80. The van der Waals surface area contributed by atoms with Crippen molar-refractivity contribution in [1.29, 1.82) is 0 Å². The largest absolute Gasteiger partial charge is 0.350 e. The number of nitrogens with one attached hydrogen (secondary N) is 3. The number of anilines is 1. The molecule has 0 bridgehead atoms. The summed E-state index contributed by atoms with van der Waals surface area (Å²) in [5, 5.41) is 7.81. The minimum absolute atomic E-state index is 0.0266. The molecule has 0 heterocycles. The Kier molecular flexibility index (Phi) is 7.91. The van der Waals surface area contributed by atoms with Crippen molar-refractivity contribution in [1.82, 2.24) is 15.5 Å². The van der Waals surface area contributed by atoms with Gasteiger partial charge in [0.25, 0.3) is 5.91 Å². The van der Waals surface area contributed by atoms with Gasteiger partial charge in [-0.2, -0.15) is 0 Å². The van der Waals surface area contributed by atoms with Crippen LogP contribution in [0.2, 0.25) is 0 Å². The number of amides is 3. The number of nitrogens with zero attached hydrogens (tertiary/aromatic N) is 1. The van der Waals surface area contributed by atoms with Gasteiger partial charge in [-0.3, -0.25) is 14.4 Å². The van der Waals surface area contributed by atoms with Crippen molar-refractivity contribution in [2.24, 2.45) is 0 Å². The lowest BCUT2D eigenvalue weighted by Crippen LogP contribution is -2.37. The summed E-state index contributed by atoms with van der Waals surface area (Å²) in [7, 11) is 3.88. The van der Waals surface area contributed by atoms with E-state index < -0.39 is 11.8 Å². The molecule has 3 amide bonds. The van der Waals surface area contributed by atoms with Gasteiger partial charge in [0.1, 0.15) is 0 Å². The van der Waals surface area contributed by atoms with Crippen LogP contribution in [0.1, 0.15) is 30.6 Å². The Labute approximate surface area is 142 Å². The monoisotopic (exact) mass is 334 g/mol. The maximum absolute atomic E-state index is 12.1. The van der Waals surface area contributed by atoms with Crippen LogP contribution in [0.4, 0.5) is 5.69 Å². The summed E-state index contributed by atoms with van der Waals surface area (Å²) in [6.07, 6.45) is 0.749. The van der Waals surface area contributed by atoms with Crippen LogP contribution in [-0.4, -0.2) is 55.8 Å².